The number of imidazole rings is 1. The third-order valence-corrected chi connectivity index (χ3v) is 4.50. The van der Waals surface area contributed by atoms with Gasteiger partial charge in [-0.05, 0) is 30.5 Å². The molecule has 0 spiro atoms. The largest absolute Gasteiger partial charge is 0.468 e. The van der Waals surface area contributed by atoms with Crippen LogP contribution in [0, 0.1) is 0 Å². The summed E-state index contributed by atoms with van der Waals surface area (Å²) >= 11 is 3.42. The first-order valence-electron chi connectivity index (χ1n) is 6.55. The predicted octanol–water partition coefficient (Wildman–Crippen LogP) is 3.43. The summed E-state index contributed by atoms with van der Waals surface area (Å²) < 4.78 is 5.97. The Morgan fingerprint density at radius 1 is 1.35 bits per heavy atom. The maximum absolute atomic E-state index is 12.0. The number of rotatable bonds is 3. The number of methoxy groups -OCH3 is 1. The number of benzene rings is 1. The standard InChI is InChI=1S/C15H15BrN2O2/c1-20-14(19)15(7-2-8-15)13-17-9-12(18-13)10-3-5-11(16)6-4-10/h3-6,9H,2,7-8H2,1H3,(H,17,18). The molecule has 1 N–H and O–H groups in total. The van der Waals surface area contributed by atoms with E-state index in [-0.39, 0.29) is 5.97 Å². The van der Waals surface area contributed by atoms with Crippen LogP contribution in [-0.4, -0.2) is 23.0 Å². The lowest BCUT2D eigenvalue weighted by molar-refractivity contribution is -0.151. The number of aromatic amines is 1. The molecule has 0 saturated heterocycles. The van der Waals surface area contributed by atoms with Crippen molar-refractivity contribution in [1.29, 1.82) is 0 Å². The summed E-state index contributed by atoms with van der Waals surface area (Å²) in [5, 5.41) is 0. The minimum atomic E-state index is -0.567. The van der Waals surface area contributed by atoms with Gasteiger partial charge in [0.25, 0.3) is 0 Å². The number of nitrogens with one attached hydrogen (secondary N) is 1. The van der Waals surface area contributed by atoms with Crippen molar-refractivity contribution >= 4 is 21.9 Å². The Morgan fingerprint density at radius 3 is 2.60 bits per heavy atom. The molecule has 1 aromatic heterocycles. The van der Waals surface area contributed by atoms with Crippen molar-refractivity contribution in [2.45, 2.75) is 24.7 Å². The molecule has 1 saturated carbocycles. The Hall–Kier alpha value is -1.62. The van der Waals surface area contributed by atoms with E-state index in [0.29, 0.717) is 5.82 Å². The normalized spacial score (nSPS) is 16.5. The fourth-order valence-electron chi connectivity index (χ4n) is 2.60. The van der Waals surface area contributed by atoms with E-state index < -0.39 is 5.41 Å². The van der Waals surface area contributed by atoms with Crippen molar-refractivity contribution in [3.8, 4) is 11.3 Å². The summed E-state index contributed by atoms with van der Waals surface area (Å²) in [5.74, 6) is 0.522. The first-order valence-corrected chi connectivity index (χ1v) is 7.35. The zero-order chi connectivity index (χ0) is 14.2. The van der Waals surface area contributed by atoms with Crippen LogP contribution in [0.4, 0.5) is 0 Å². The van der Waals surface area contributed by atoms with E-state index in [4.69, 9.17) is 4.74 Å². The van der Waals surface area contributed by atoms with Crippen LogP contribution >= 0.6 is 15.9 Å². The molecule has 1 fully saturated rings. The molecule has 0 atom stereocenters. The first kappa shape index (κ1) is 13.4. The summed E-state index contributed by atoms with van der Waals surface area (Å²) in [6.45, 7) is 0. The molecule has 1 aliphatic carbocycles. The Bertz CT molecular complexity index is 630. The van der Waals surface area contributed by atoms with Crippen molar-refractivity contribution in [1.82, 2.24) is 9.97 Å². The molecule has 0 bridgehead atoms. The van der Waals surface area contributed by atoms with E-state index in [2.05, 4.69) is 25.9 Å². The summed E-state index contributed by atoms with van der Waals surface area (Å²) in [7, 11) is 1.43. The van der Waals surface area contributed by atoms with Crippen molar-refractivity contribution < 1.29 is 9.53 Å². The number of ether oxygens (including phenoxy) is 1. The fraction of sp³-hybridized carbons (Fsp3) is 0.333. The Morgan fingerprint density at radius 2 is 2.05 bits per heavy atom. The molecule has 2 aromatic rings. The molecule has 4 nitrogen and oxygen atoms in total. The second-order valence-electron chi connectivity index (χ2n) is 5.08. The van der Waals surface area contributed by atoms with Gasteiger partial charge in [-0.25, -0.2) is 4.98 Å². The van der Waals surface area contributed by atoms with Crippen LogP contribution in [0.15, 0.2) is 34.9 Å². The van der Waals surface area contributed by atoms with Crippen LogP contribution in [0.1, 0.15) is 25.1 Å². The van der Waals surface area contributed by atoms with Crippen LogP contribution in [0.3, 0.4) is 0 Å². The van der Waals surface area contributed by atoms with E-state index in [0.717, 1.165) is 35.0 Å². The number of esters is 1. The highest BCUT2D eigenvalue weighted by atomic mass is 79.9. The van der Waals surface area contributed by atoms with Gasteiger partial charge in [0, 0.05) is 4.47 Å². The lowest BCUT2D eigenvalue weighted by Crippen LogP contribution is -2.44. The van der Waals surface area contributed by atoms with Gasteiger partial charge >= 0.3 is 5.97 Å². The number of aromatic nitrogens is 2. The van der Waals surface area contributed by atoms with Gasteiger partial charge in [-0.3, -0.25) is 4.79 Å². The number of nitrogens with zero attached hydrogens (tertiary/aromatic N) is 1. The molecular formula is C15H15BrN2O2. The quantitative estimate of drug-likeness (QED) is 0.875. The second-order valence-corrected chi connectivity index (χ2v) is 6.00. The maximum Gasteiger partial charge on any atom is 0.319 e. The number of hydrogen-bond donors (Lipinski definition) is 1. The highest BCUT2D eigenvalue weighted by Crippen LogP contribution is 2.43. The highest BCUT2D eigenvalue weighted by Gasteiger charge is 2.49. The zero-order valence-corrected chi connectivity index (χ0v) is 12.7. The van der Waals surface area contributed by atoms with E-state index >= 15 is 0 Å². The number of H-pyrrole nitrogens is 1. The Balaban J connectivity index is 1.94. The molecule has 3 rings (SSSR count). The van der Waals surface area contributed by atoms with E-state index in [9.17, 15) is 4.79 Å². The van der Waals surface area contributed by atoms with Gasteiger partial charge in [0.05, 0.1) is 19.0 Å². The van der Waals surface area contributed by atoms with Crippen molar-refractivity contribution in [2.24, 2.45) is 0 Å². The summed E-state index contributed by atoms with van der Waals surface area (Å²) in [4.78, 5) is 19.7. The van der Waals surface area contributed by atoms with E-state index in [1.807, 2.05) is 24.3 Å². The molecular weight excluding hydrogens is 320 g/mol. The summed E-state index contributed by atoms with van der Waals surface area (Å²) in [5.41, 5.74) is 1.40. The average molecular weight is 335 g/mol. The minimum absolute atomic E-state index is 0.194. The maximum atomic E-state index is 12.0. The molecule has 20 heavy (non-hydrogen) atoms. The van der Waals surface area contributed by atoms with Gasteiger partial charge < -0.3 is 9.72 Å². The topological polar surface area (TPSA) is 55.0 Å². The van der Waals surface area contributed by atoms with Crippen LogP contribution < -0.4 is 0 Å². The number of carbonyl (C=O) groups is 1. The number of halogens is 1. The summed E-state index contributed by atoms with van der Waals surface area (Å²) in [6, 6.07) is 7.98. The van der Waals surface area contributed by atoms with Gasteiger partial charge in [-0.15, -0.1) is 0 Å². The third kappa shape index (κ3) is 2.06. The van der Waals surface area contributed by atoms with Crippen LogP contribution in [0.2, 0.25) is 0 Å². The molecule has 1 heterocycles. The zero-order valence-electron chi connectivity index (χ0n) is 11.1. The monoisotopic (exact) mass is 334 g/mol. The molecule has 0 unspecified atom stereocenters. The fourth-order valence-corrected chi connectivity index (χ4v) is 2.87. The van der Waals surface area contributed by atoms with Gasteiger partial charge in [0.15, 0.2) is 0 Å². The lowest BCUT2D eigenvalue weighted by Gasteiger charge is -2.36. The van der Waals surface area contributed by atoms with Gasteiger partial charge in [0.2, 0.25) is 0 Å². The lowest BCUT2D eigenvalue weighted by atomic mass is 9.68. The molecule has 104 valence electrons. The summed E-state index contributed by atoms with van der Waals surface area (Å²) in [6.07, 6.45) is 4.41. The van der Waals surface area contributed by atoms with E-state index in [1.165, 1.54) is 7.11 Å². The molecule has 1 aliphatic rings. The van der Waals surface area contributed by atoms with Crippen molar-refractivity contribution in [3.05, 3.63) is 40.8 Å². The second kappa shape index (κ2) is 5.05. The molecule has 0 amide bonds. The molecule has 1 aromatic carbocycles. The SMILES string of the molecule is COC(=O)C1(c2ncc(-c3ccc(Br)cc3)[nH]2)CCC1. The molecule has 5 heteroatoms. The molecule has 0 aliphatic heterocycles. The minimum Gasteiger partial charge on any atom is -0.468 e. The highest BCUT2D eigenvalue weighted by molar-refractivity contribution is 9.10. The van der Waals surface area contributed by atoms with Crippen molar-refractivity contribution in [3.63, 3.8) is 0 Å². The third-order valence-electron chi connectivity index (χ3n) is 3.97. The van der Waals surface area contributed by atoms with E-state index in [1.54, 1.807) is 6.20 Å². The average Bonchev–Trinajstić information content (AvgIpc) is 2.88. The predicted molar refractivity (Wildman–Crippen MR) is 79.3 cm³/mol. The van der Waals surface area contributed by atoms with Gasteiger partial charge in [-0.2, -0.15) is 0 Å². The number of hydrogen-bond acceptors (Lipinski definition) is 3. The van der Waals surface area contributed by atoms with Crippen LogP contribution in [0.25, 0.3) is 11.3 Å². The van der Waals surface area contributed by atoms with Gasteiger partial charge in [-0.1, -0.05) is 34.5 Å². The number of carbonyl (C=O) groups excluding carboxylic acids is 1. The smallest absolute Gasteiger partial charge is 0.319 e. The Kier molecular flexibility index (Phi) is 3.38. The van der Waals surface area contributed by atoms with Crippen LogP contribution in [-0.2, 0) is 14.9 Å². The Labute approximate surface area is 125 Å². The van der Waals surface area contributed by atoms with Crippen molar-refractivity contribution in [2.75, 3.05) is 7.11 Å². The van der Waals surface area contributed by atoms with Crippen LogP contribution in [0.5, 0.6) is 0 Å². The first-order chi connectivity index (χ1) is 9.65. The van der Waals surface area contributed by atoms with Gasteiger partial charge in [0.1, 0.15) is 11.2 Å². The molecule has 0 radical (unpaired) electrons.